The van der Waals surface area contributed by atoms with Crippen molar-refractivity contribution in [1.82, 2.24) is 5.32 Å². The van der Waals surface area contributed by atoms with Gasteiger partial charge in [0, 0.05) is 11.1 Å². The zero-order valence-corrected chi connectivity index (χ0v) is 11.4. The van der Waals surface area contributed by atoms with Crippen molar-refractivity contribution < 1.29 is 4.39 Å². The molecule has 0 amide bonds. The highest BCUT2D eigenvalue weighted by molar-refractivity contribution is 6.30. The smallest absolute Gasteiger partial charge is 0.126 e. The molecule has 0 saturated carbocycles. The van der Waals surface area contributed by atoms with Crippen LogP contribution in [0.25, 0.3) is 0 Å². The minimum atomic E-state index is -0.152. The largest absolute Gasteiger partial charge is 0.314 e. The quantitative estimate of drug-likeness (QED) is 0.772. The Morgan fingerprint density at radius 1 is 1.29 bits per heavy atom. The van der Waals surface area contributed by atoms with Crippen LogP contribution < -0.4 is 5.32 Å². The molecule has 1 rings (SSSR count). The third kappa shape index (κ3) is 5.05. The normalized spacial score (nSPS) is 12.7. The lowest BCUT2D eigenvalue weighted by Gasteiger charge is -2.17. The molecule has 3 heteroatoms. The molecule has 1 nitrogen and oxygen atoms in total. The van der Waals surface area contributed by atoms with Crippen molar-refractivity contribution in [3.63, 3.8) is 0 Å². The van der Waals surface area contributed by atoms with Crippen LogP contribution in [0.2, 0.25) is 5.02 Å². The van der Waals surface area contributed by atoms with Crippen molar-refractivity contribution in [2.75, 3.05) is 6.54 Å². The lowest BCUT2D eigenvalue weighted by atomic mass is 10.0. The van der Waals surface area contributed by atoms with Crippen LogP contribution in [-0.4, -0.2) is 12.6 Å². The molecular weight excluding hydrogens is 237 g/mol. The summed E-state index contributed by atoms with van der Waals surface area (Å²) in [7, 11) is 0. The van der Waals surface area contributed by atoms with E-state index in [0.717, 1.165) is 37.8 Å². The average molecular weight is 258 g/mol. The van der Waals surface area contributed by atoms with E-state index in [1.807, 2.05) is 0 Å². The molecule has 1 aromatic carbocycles. The average Bonchev–Trinajstić information content (AvgIpc) is 2.30. The predicted molar refractivity (Wildman–Crippen MR) is 72.1 cm³/mol. The third-order valence-corrected chi connectivity index (χ3v) is 3.13. The van der Waals surface area contributed by atoms with Crippen molar-refractivity contribution in [3.05, 3.63) is 34.6 Å². The molecule has 1 unspecified atom stereocenters. The van der Waals surface area contributed by atoms with Crippen molar-refractivity contribution in [2.45, 2.75) is 45.6 Å². The maximum atomic E-state index is 13.5. The molecule has 96 valence electrons. The van der Waals surface area contributed by atoms with Gasteiger partial charge in [0.15, 0.2) is 0 Å². The Hall–Kier alpha value is -0.600. The van der Waals surface area contributed by atoms with Crippen LogP contribution in [-0.2, 0) is 6.42 Å². The lowest BCUT2D eigenvalue weighted by Crippen LogP contribution is -2.29. The van der Waals surface area contributed by atoms with E-state index in [-0.39, 0.29) is 5.82 Å². The number of hydrogen-bond acceptors (Lipinski definition) is 1. The second-order valence-electron chi connectivity index (χ2n) is 4.32. The molecule has 0 heterocycles. The molecule has 1 atom stereocenters. The first-order valence-electron chi connectivity index (χ1n) is 6.34. The minimum absolute atomic E-state index is 0.152. The van der Waals surface area contributed by atoms with Gasteiger partial charge in [-0.15, -0.1) is 0 Å². The molecular formula is C14H21ClFN. The molecule has 0 radical (unpaired) electrons. The third-order valence-electron chi connectivity index (χ3n) is 2.90. The Bertz CT molecular complexity index is 335. The molecule has 0 saturated heterocycles. The van der Waals surface area contributed by atoms with Gasteiger partial charge in [-0.3, -0.25) is 0 Å². The fourth-order valence-electron chi connectivity index (χ4n) is 2.05. The van der Waals surface area contributed by atoms with E-state index in [4.69, 9.17) is 11.6 Å². The van der Waals surface area contributed by atoms with Gasteiger partial charge >= 0.3 is 0 Å². The fourth-order valence-corrected chi connectivity index (χ4v) is 2.24. The molecule has 1 aromatic rings. The van der Waals surface area contributed by atoms with Crippen LogP contribution in [0.5, 0.6) is 0 Å². The van der Waals surface area contributed by atoms with E-state index >= 15 is 0 Å². The topological polar surface area (TPSA) is 12.0 Å². The highest BCUT2D eigenvalue weighted by Crippen LogP contribution is 2.17. The first-order valence-corrected chi connectivity index (χ1v) is 6.72. The molecule has 0 aromatic heterocycles. The summed E-state index contributed by atoms with van der Waals surface area (Å²) >= 11 is 5.87. The van der Waals surface area contributed by atoms with Gasteiger partial charge in [0.25, 0.3) is 0 Å². The number of benzene rings is 1. The molecule has 0 fully saturated rings. The van der Waals surface area contributed by atoms with Gasteiger partial charge < -0.3 is 5.32 Å². The van der Waals surface area contributed by atoms with Crippen molar-refractivity contribution >= 4 is 11.6 Å². The van der Waals surface area contributed by atoms with Crippen LogP contribution in [0, 0.1) is 5.82 Å². The van der Waals surface area contributed by atoms with Crippen molar-refractivity contribution in [1.29, 1.82) is 0 Å². The van der Waals surface area contributed by atoms with Gasteiger partial charge in [-0.1, -0.05) is 31.9 Å². The van der Waals surface area contributed by atoms with E-state index in [9.17, 15) is 4.39 Å². The highest BCUT2D eigenvalue weighted by atomic mass is 35.5. The SMILES string of the molecule is CCCC(CCc1cc(Cl)ccc1F)NCC. The Kier molecular flexibility index (Phi) is 6.53. The summed E-state index contributed by atoms with van der Waals surface area (Å²) < 4.78 is 13.5. The Morgan fingerprint density at radius 2 is 2.06 bits per heavy atom. The van der Waals surface area contributed by atoms with E-state index in [0.29, 0.717) is 11.1 Å². The van der Waals surface area contributed by atoms with Crippen LogP contribution in [0.3, 0.4) is 0 Å². The molecule has 0 spiro atoms. The summed E-state index contributed by atoms with van der Waals surface area (Å²) in [6.45, 7) is 5.23. The number of nitrogens with one attached hydrogen (secondary N) is 1. The summed E-state index contributed by atoms with van der Waals surface area (Å²) in [5.41, 5.74) is 0.719. The maximum Gasteiger partial charge on any atom is 0.126 e. The molecule has 17 heavy (non-hydrogen) atoms. The molecule has 1 N–H and O–H groups in total. The predicted octanol–water partition coefficient (Wildman–Crippen LogP) is 4.19. The number of aryl methyl sites for hydroxylation is 1. The van der Waals surface area contributed by atoms with E-state index in [2.05, 4.69) is 19.2 Å². The van der Waals surface area contributed by atoms with Crippen LogP contribution in [0.1, 0.15) is 38.7 Å². The fraction of sp³-hybridized carbons (Fsp3) is 0.571. The van der Waals surface area contributed by atoms with Gasteiger partial charge in [0.05, 0.1) is 0 Å². The second-order valence-corrected chi connectivity index (χ2v) is 4.75. The lowest BCUT2D eigenvalue weighted by molar-refractivity contribution is 0.455. The molecule has 0 bridgehead atoms. The zero-order valence-electron chi connectivity index (χ0n) is 10.6. The van der Waals surface area contributed by atoms with Gasteiger partial charge in [0.2, 0.25) is 0 Å². The van der Waals surface area contributed by atoms with E-state index in [1.165, 1.54) is 6.07 Å². The second kappa shape index (κ2) is 7.67. The number of hydrogen-bond donors (Lipinski definition) is 1. The van der Waals surface area contributed by atoms with Crippen molar-refractivity contribution in [2.24, 2.45) is 0 Å². The molecule has 0 aliphatic carbocycles. The van der Waals surface area contributed by atoms with Crippen molar-refractivity contribution in [3.8, 4) is 0 Å². The van der Waals surface area contributed by atoms with E-state index in [1.54, 1.807) is 12.1 Å². The van der Waals surface area contributed by atoms with E-state index < -0.39 is 0 Å². The summed E-state index contributed by atoms with van der Waals surface area (Å²) in [4.78, 5) is 0. The van der Waals surface area contributed by atoms with Crippen LogP contribution in [0.4, 0.5) is 4.39 Å². The maximum absolute atomic E-state index is 13.5. The van der Waals surface area contributed by atoms with Gasteiger partial charge in [-0.25, -0.2) is 4.39 Å². The Balaban J connectivity index is 2.55. The van der Waals surface area contributed by atoms with Gasteiger partial charge in [-0.2, -0.15) is 0 Å². The summed E-state index contributed by atoms with van der Waals surface area (Å²) in [5.74, 6) is -0.152. The van der Waals surface area contributed by atoms with Crippen LogP contribution in [0.15, 0.2) is 18.2 Å². The summed E-state index contributed by atoms with van der Waals surface area (Å²) in [6.07, 6.45) is 3.98. The molecule has 0 aliphatic rings. The Labute approximate surface area is 108 Å². The number of halogens is 2. The Morgan fingerprint density at radius 3 is 2.71 bits per heavy atom. The first-order chi connectivity index (χ1) is 8.17. The van der Waals surface area contributed by atoms with Gasteiger partial charge in [-0.05, 0) is 49.6 Å². The minimum Gasteiger partial charge on any atom is -0.314 e. The summed E-state index contributed by atoms with van der Waals surface area (Å²) in [6, 6.07) is 5.24. The monoisotopic (exact) mass is 257 g/mol. The highest BCUT2D eigenvalue weighted by Gasteiger charge is 2.09. The van der Waals surface area contributed by atoms with Crippen LogP contribution >= 0.6 is 11.6 Å². The van der Waals surface area contributed by atoms with Gasteiger partial charge in [0.1, 0.15) is 5.82 Å². The summed E-state index contributed by atoms with van der Waals surface area (Å²) in [5, 5.41) is 4.04. The first kappa shape index (κ1) is 14.5. The standard InChI is InChI=1S/C14H21ClFN/c1-3-5-13(17-4-2)8-6-11-10-12(15)7-9-14(11)16/h7,9-10,13,17H,3-6,8H2,1-2H3. The zero-order chi connectivity index (χ0) is 12.7. The number of rotatable bonds is 7. The molecule has 0 aliphatic heterocycles.